The van der Waals surface area contributed by atoms with Gasteiger partial charge in [0, 0.05) is 23.5 Å². The summed E-state index contributed by atoms with van der Waals surface area (Å²) < 4.78 is 10.9. The zero-order valence-electron chi connectivity index (χ0n) is 15.0. The highest BCUT2D eigenvalue weighted by Gasteiger charge is 2.24. The number of carbonyl (C=O) groups is 2. The Balaban J connectivity index is 2.21. The number of fused-ring (bicyclic) bond motifs is 1. The molecule has 1 heterocycles. The van der Waals surface area contributed by atoms with Crippen molar-refractivity contribution in [3.05, 3.63) is 29.5 Å². The van der Waals surface area contributed by atoms with E-state index in [1.807, 2.05) is 33.8 Å². The Morgan fingerprint density at radius 3 is 2.54 bits per heavy atom. The number of nitrogens with one attached hydrogen (secondary N) is 1. The summed E-state index contributed by atoms with van der Waals surface area (Å²) in [4.78, 5) is 26.0. The molecule has 6 heteroatoms. The molecule has 0 spiro atoms. The Hall–Kier alpha value is -2.50. The van der Waals surface area contributed by atoms with Gasteiger partial charge in [0.15, 0.2) is 5.76 Å². The van der Waals surface area contributed by atoms with Crippen molar-refractivity contribution in [3.8, 4) is 5.75 Å². The first-order valence-electron chi connectivity index (χ1n) is 7.76. The summed E-state index contributed by atoms with van der Waals surface area (Å²) in [5.74, 6) is 0.396. The summed E-state index contributed by atoms with van der Waals surface area (Å²) in [5.41, 5.74) is 1.01. The third-order valence-electron chi connectivity index (χ3n) is 3.58. The number of likely N-dealkylation sites (N-methyl/N-ethyl adjacent to an activating group) is 1. The van der Waals surface area contributed by atoms with Gasteiger partial charge in [0.25, 0.3) is 5.91 Å². The molecule has 1 aromatic heterocycles. The predicted octanol–water partition coefficient (Wildman–Crippen LogP) is 2.74. The molecule has 0 aliphatic heterocycles. The topological polar surface area (TPSA) is 71.8 Å². The second-order valence-electron chi connectivity index (χ2n) is 6.88. The van der Waals surface area contributed by atoms with Crippen LogP contribution in [0.15, 0.2) is 22.6 Å². The van der Waals surface area contributed by atoms with Crippen LogP contribution in [0.1, 0.15) is 36.9 Å². The fourth-order valence-electron chi connectivity index (χ4n) is 2.45. The van der Waals surface area contributed by atoms with Crippen LogP contribution in [0.25, 0.3) is 11.0 Å². The van der Waals surface area contributed by atoms with Crippen LogP contribution in [0.2, 0.25) is 0 Å². The van der Waals surface area contributed by atoms with Gasteiger partial charge in [-0.05, 0) is 45.9 Å². The van der Waals surface area contributed by atoms with Crippen LogP contribution in [0.3, 0.4) is 0 Å². The maximum Gasteiger partial charge on any atom is 0.290 e. The van der Waals surface area contributed by atoms with Gasteiger partial charge >= 0.3 is 0 Å². The molecule has 0 atom stereocenters. The first-order chi connectivity index (χ1) is 11.1. The number of hydrogen-bond acceptors (Lipinski definition) is 4. The lowest BCUT2D eigenvalue weighted by molar-refractivity contribution is -0.122. The van der Waals surface area contributed by atoms with Gasteiger partial charge in [-0.1, -0.05) is 0 Å². The quantitative estimate of drug-likeness (QED) is 0.934. The Morgan fingerprint density at radius 1 is 1.29 bits per heavy atom. The van der Waals surface area contributed by atoms with Gasteiger partial charge in [-0.15, -0.1) is 0 Å². The molecule has 0 radical (unpaired) electrons. The van der Waals surface area contributed by atoms with Crippen LogP contribution >= 0.6 is 0 Å². The summed E-state index contributed by atoms with van der Waals surface area (Å²) in [5, 5.41) is 3.66. The van der Waals surface area contributed by atoms with Gasteiger partial charge < -0.3 is 19.4 Å². The fourth-order valence-corrected chi connectivity index (χ4v) is 2.45. The summed E-state index contributed by atoms with van der Waals surface area (Å²) >= 11 is 0. The highest BCUT2D eigenvalue weighted by atomic mass is 16.5. The Kier molecular flexibility index (Phi) is 4.87. The SMILES string of the molecule is COc1ccc2oc(C(=O)N(C)CC(=O)NC(C)(C)C)c(C)c2c1. The van der Waals surface area contributed by atoms with E-state index in [4.69, 9.17) is 9.15 Å². The average Bonchev–Trinajstić information content (AvgIpc) is 2.81. The number of rotatable bonds is 4. The van der Waals surface area contributed by atoms with E-state index < -0.39 is 0 Å². The fraction of sp³-hybridized carbons (Fsp3) is 0.444. The molecule has 6 nitrogen and oxygen atoms in total. The largest absolute Gasteiger partial charge is 0.497 e. The summed E-state index contributed by atoms with van der Waals surface area (Å²) in [6.45, 7) is 7.47. The number of carbonyl (C=O) groups excluding carboxylic acids is 2. The number of nitrogens with zero attached hydrogens (tertiary/aromatic N) is 1. The van der Waals surface area contributed by atoms with Crippen LogP contribution in [0, 0.1) is 6.92 Å². The molecule has 130 valence electrons. The highest BCUT2D eigenvalue weighted by molar-refractivity contribution is 6.00. The van der Waals surface area contributed by atoms with E-state index in [0.717, 1.165) is 10.9 Å². The number of hydrogen-bond donors (Lipinski definition) is 1. The Bertz CT molecular complexity index is 771. The van der Waals surface area contributed by atoms with Gasteiger partial charge in [0.1, 0.15) is 11.3 Å². The van der Waals surface area contributed by atoms with E-state index in [1.165, 1.54) is 4.90 Å². The summed E-state index contributed by atoms with van der Waals surface area (Å²) in [6, 6.07) is 5.38. The van der Waals surface area contributed by atoms with Gasteiger partial charge in [0.2, 0.25) is 5.91 Å². The minimum atomic E-state index is -0.340. The van der Waals surface area contributed by atoms with E-state index in [0.29, 0.717) is 11.3 Å². The molecule has 1 N–H and O–H groups in total. The molecule has 24 heavy (non-hydrogen) atoms. The van der Waals surface area contributed by atoms with Crippen molar-refractivity contribution >= 4 is 22.8 Å². The monoisotopic (exact) mass is 332 g/mol. The zero-order valence-corrected chi connectivity index (χ0v) is 15.0. The van der Waals surface area contributed by atoms with Crippen molar-refractivity contribution in [3.63, 3.8) is 0 Å². The van der Waals surface area contributed by atoms with Crippen molar-refractivity contribution in [1.82, 2.24) is 10.2 Å². The van der Waals surface area contributed by atoms with E-state index in [9.17, 15) is 9.59 Å². The second kappa shape index (κ2) is 6.55. The van der Waals surface area contributed by atoms with Gasteiger partial charge in [0.05, 0.1) is 13.7 Å². The molecule has 0 saturated carbocycles. The number of amides is 2. The van der Waals surface area contributed by atoms with E-state index in [1.54, 1.807) is 26.3 Å². The van der Waals surface area contributed by atoms with Crippen LogP contribution < -0.4 is 10.1 Å². The number of furan rings is 1. The number of aryl methyl sites for hydroxylation is 1. The molecule has 2 rings (SSSR count). The van der Waals surface area contributed by atoms with Crippen molar-refractivity contribution in [1.29, 1.82) is 0 Å². The third-order valence-corrected chi connectivity index (χ3v) is 3.58. The van der Waals surface area contributed by atoms with Gasteiger partial charge in [-0.25, -0.2) is 0 Å². The maximum atomic E-state index is 12.6. The smallest absolute Gasteiger partial charge is 0.290 e. The van der Waals surface area contributed by atoms with Crippen molar-refractivity contribution in [2.75, 3.05) is 20.7 Å². The van der Waals surface area contributed by atoms with Crippen LogP contribution in [-0.2, 0) is 4.79 Å². The number of methoxy groups -OCH3 is 1. The third kappa shape index (κ3) is 3.88. The molecule has 1 aromatic carbocycles. The first kappa shape index (κ1) is 17.8. The Morgan fingerprint density at radius 2 is 1.96 bits per heavy atom. The second-order valence-corrected chi connectivity index (χ2v) is 6.88. The molecule has 0 unspecified atom stereocenters. The molecule has 0 fully saturated rings. The molecule has 2 aromatic rings. The molecule has 0 saturated heterocycles. The molecule has 0 bridgehead atoms. The van der Waals surface area contributed by atoms with E-state index >= 15 is 0 Å². The average molecular weight is 332 g/mol. The number of ether oxygens (including phenoxy) is 1. The minimum Gasteiger partial charge on any atom is -0.497 e. The molecule has 0 aliphatic rings. The lowest BCUT2D eigenvalue weighted by Crippen LogP contribution is -2.46. The van der Waals surface area contributed by atoms with E-state index in [2.05, 4.69) is 5.32 Å². The molecule has 0 aliphatic carbocycles. The first-order valence-corrected chi connectivity index (χ1v) is 7.76. The normalized spacial score (nSPS) is 11.4. The van der Waals surface area contributed by atoms with Gasteiger partial charge in [-0.2, -0.15) is 0 Å². The molecule has 2 amide bonds. The van der Waals surface area contributed by atoms with Crippen LogP contribution in [0.4, 0.5) is 0 Å². The summed E-state index contributed by atoms with van der Waals surface area (Å²) in [6.07, 6.45) is 0. The molecular formula is C18H24N2O4. The predicted molar refractivity (Wildman–Crippen MR) is 92.4 cm³/mol. The standard InChI is InChI=1S/C18H24N2O4/c1-11-13-9-12(23-6)7-8-14(13)24-16(11)17(22)20(5)10-15(21)19-18(2,3)4/h7-9H,10H2,1-6H3,(H,19,21). The van der Waals surface area contributed by atoms with Crippen molar-refractivity contribution in [2.24, 2.45) is 0 Å². The Labute approximate surface area is 141 Å². The molecular weight excluding hydrogens is 308 g/mol. The van der Waals surface area contributed by atoms with Crippen LogP contribution in [-0.4, -0.2) is 43.0 Å². The maximum absolute atomic E-state index is 12.6. The van der Waals surface area contributed by atoms with Crippen molar-refractivity contribution in [2.45, 2.75) is 33.2 Å². The number of benzene rings is 1. The van der Waals surface area contributed by atoms with Crippen molar-refractivity contribution < 1.29 is 18.7 Å². The summed E-state index contributed by atoms with van der Waals surface area (Å²) in [7, 11) is 3.17. The zero-order chi connectivity index (χ0) is 18.1. The van der Waals surface area contributed by atoms with Gasteiger partial charge in [-0.3, -0.25) is 9.59 Å². The lowest BCUT2D eigenvalue weighted by Gasteiger charge is -2.23. The minimum absolute atomic E-state index is 0.0318. The van der Waals surface area contributed by atoms with E-state index in [-0.39, 0.29) is 29.7 Å². The lowest BCUT2D eigenvalue weighted by atomic mass is 10.1. The highest BCUT2D eigenvalue weighted by Crippen LogP contribution is 2.29. The van der Waals surface area contributed by atoms with Crippen LogP contribution in [0.5, 0.6) is 5.75 Å².